The molecule has 2 fully saturated rings. The second-order valence-electron chi connectivity index (χ2n) is 8.86. The van der Waals surface area contributed by atoms with E-state index in [1.807, 2.05) is 35.2 Å². The van der Waals surface area contributed by atoms with Gasteiger partial charge in [0.2, 0.25) is 5.91 Å². The summed E-state index contributed by atoms with van der Waals surface area (Å²) >= 11 is 0. The highest BCUT2D eigenvalue weighted by atomic mass is 19.1. The number of rotatable bonds is 6. The molecule has 0 N–H and O–H groups in total. The highest BCUT2D eigenvalue weighted by molar-refractivity contribution is 5.73. The first kappa shape index (κ1) is 21.8. The Labute approximate surface area is 182 Å². The maximum atomic E-state index is 13.6. The molecule has 0 spiro atoms. The molecule has 4 rings (SSSR count). The number of carbonyl (C=O) groups is 1. The van der Waals surface area contributed by atoms with Crippen molar-refractivity contribution in [1.29, 1.82) is 0 Å². The Morgan fingerprint density at radius 1 is 1.03 bits per heavy atom. The van der Waals surface area contributed by atoms with Crippen LogP contribution in [0.3, 0.4) is 0 Å². The zero-order chi connectivity index (χ0) is 21.8. The van der Waals surface area contributed by atoms with Crippen LogP contribution in [0.25, 0.3) is 0 Å². The van der Waals surface area contributed by atoms with Crippen LogP contribution in [0.5, 0.6) is 5.75 Å². The Kier molecular flexibility index (Phi) is 6.86. The molecule has 2 aromatic carbocycles. The molecule has 6 heteroatoms. The molecule has 31 heavy (non-hydrogen) atoms. The molecule has 0 saturated carbocycles. The van der Waals surface area contributed by atoms with Crippen molar-refractivity contribution < 1.29 is 18.3 Å². The van der Waals surface area contributed by atoms with E-state index in [1.54, 1.807) is 6.92 Å². The molecule has 2 heterocycles. The number of hydrogen-bond acceptors (Lipinski definition) is 3. The third kappa shape index (κ3) is 5.62. The minimum Gasteiger partial charge on any atom is -0.493 e. The summed E-state index contributed by atoms with van der Waals surface area (Å²) in [5.74, 6) is 1.23. The average molecular weight is 429 g/mol. The first-order valence-electron chi connectivity index (χ1n) is 11.1. The van der Waals surface area contributed by atoms with Gasteiger partial charge in [-0.2, -0.15) is 0 Å². The standard InChI is InChI=1S/C25H30F2N2O2/c1-18(30)29-9-7-20(8-10-29)25-16-28(14-19-11-22(26)13-23(27)12-19)15-21(25)17-31-24-5-3-2-4-6-24/h2-6,11-13,20-21,25H,7-10,14-17H2,1H3/t21-,25-/m0/s1. The van der Waals surface area contributed by atoms with Gasteiger partial charge >= 0.3 is 0 Å². The number of para-hydroxylation sites is 1. The number of amides is 1. The van der Waals surface area contributed by atoms with Crippen LogP contribution in [-0.2, 0) is 11.3 Å². The molecular weight excluding hydrogens is 398 g/mol. The van der Waals surface area contributed by atoms with Crippen LogP contribution in [0.2, 0.25) is 0 Å². The quantitative estimate of drug-likeness (QED) is 0.686. The van der Waals surface area contributed by atoms with Crippen LogP contribution in [0.15, 0.2) is 48.5 Å². The molecule has 2 aromatic rings. The summed E-state index contributed by atoms with van der Waals surface area (Å²) < 4.78 is 33.4. The predicted molar refractivity (Wildman–Crippen MR) is 116 cm³/mol. The Morgan fingerprint density at radius 3 is 2.35 bits per heavy atom. The summed E-state index contributed by atoms with van der Waals surface area (Å²) in [5.41, 5.74) is 0.660. The van der Waals surface area contributed by atoms with Gasteiger partial charge in [-0.25, -0.2) is 8.78 Å². The van der Waals surface area contributed by atoms with E-state index in [9.17, 15) is 13.6 Å². The summed E-state index contributed by atoms with van der Waals surface area (Å²) in [7, 11) is 0. The zero-order valence-electron chi connectivity index (χ0n) is 18.0. The number of nitrogens with zero attached hydrogens (tertiary/aromatic N) is 2. The number of hydrogen-bond donors (Lipinski definition) is 0. The first-order chi connectivity index (χ1) is 15.0. The van der Waals surface area contributed by atoms with E-state index in [-0.39, 0.29) is 5.91 Å². The molecule has 0 radical (unpaired) electrons. The molecule has 2 aliphatic rings. The molecule has 0 aromatic heterocycles. The van der Waals surface area contributed by atoms with Gasteiger partial charge in [0.05, 0.1) is 6.61 Å². The topological polar surface area (TPSA) is 32.8 Å². The number of benzene rings is 2. The Balaban J connectivity index is 1.44. The molecular formula is C25H30F2N2O2. The first-order valence-corrected chi connectivity index (χ1v) is 11.1. The van der Waals surface area contributed by atoms with Gasteiger partial charge < -0.3 is 9.64 Å². The highest BCUT2D eigenvalue weighted by Gasteiger charge is 2.39. The number of piperidine rings is 1. The molecule has 2 atom stereocenters. The predicted octanol–water partition coefficient (Wildman–Crippen LogP) is 4.35. The van der Waals surface area contributed by atoms with Crippen LogP contribution in [0, 0.1) is 29.4 Å². The normalized spacial score (nSPS) is 22.6. The fourth-order valence-corrected chi connectivity index (χ4v) is 5.15. The lowest BCUT2D eigenvalue weighted by molar-refractivity contribution is -0.130. The zero-order valence-corrected chi connectivity index (χ0v) is 18.0. The lowest BCUT2D eigenvalue weighted by Crippen LogP contribution is -2.40. The minimum absolute atomic E-state index is 0.142. The number of ether oxygens (including phenoxy) is 1. The van der Waals surface area contributed by atoms with Crippen molar-refractivity contribution in [3.63, 3.8) is 0 Å². The summed E-state index contributed by atoms with van der Waals surface area (Å²) in [6.45, 7) is 6.10. The second-order valence-corrected chi connectivity index (χ2v) is 8.86. The van der Waals surface area contributed by atoms with E-state index < -0.39 is 11.6 Å². The Morgan fingerprint density at radius 2 is 1.71 bits per heavy atom. The maximum absolute atomic E-state index is 13.6. The monoisotopic (exact) mass is 428 g/mol. The van der Waals surface area contributed by atoms with Gasteiger partial charge in [0.1, 0.15) is 17.4 Å². The van der Waals surface area contributed by atoms with Crippen LogP contribution >= 0.6 is 0 Å². The van der Waals surface area contributed by atoms with Gasteiger partial charge in [0.25, 0.3) is 0 Å². The van der Waals surface area contributed by atoms with Gasteiger partial charge in [-0.15, -0.1) is 0 Å². The van der Waals surface area contributed by atoms with Crippen molar-refractivity contribution in [3.8, 4) is 5.75 Å². The van der Waals surface area contributed by atoms with Crippen molar-refractivity contribution in [2.24, 2.45) is 17.8 Å². The third-order valence-electron chi connectivity index (χ3n) is 6.69. The molecule has 2 aliphatic heterocycles. The fraction of sp³-hybridized carbons (Fsp3) is 0.480. The van der Waals surface area contributed by atoms with E-state index >= 15 is 0 Å². The Bertz CT molecular complexity index is 864. The highest BCUT2D eigenvalue weighted by Crippen LogP contribution is 2.37. The SMILES string of the molecule is CC(=O)N1CCC([C@@H]2CN(Cc3cc(F)cc(F)c3)C[C@H]2COc2ccccc2)CC1. The maximum Gasteiger partial charge on any atom is 0.219 e. The van der Waals surface area contributed by atoms with Gasteiger partial charge in [-0.3, -0.25) is 9.69 Å². The Hall–Kier alpha value is -2.47. The van der Waals surface area contributed by atoms with Crippen molar-refractivity contribution in [2.45, 2.75) is 26.3 Å². The van der Waals surface area contributed by atoms with Gasteiger partial charge in [-0.1, -0.05) is 18.2 Å². The van der Waals surface area contributed by atoms with Crippen LogP contribution in [0.4, 0.5) is 8.78 Å². The molecule has 2 saturated heterocycles. The molecule has 166 valence electrons. The molecule has 1 amide bonds. The van der Waals surface area contributed by atoms with E-state index in [1.165, 1.54) is 12.1 Å². The van der Waals surface area contributed by atoms with E-state index in [2.05, 4.69) is 4.90 Å². The summed E-state index contributed by atoms with van der Waals surface area (Å²) in [6.07, 6.45) is 1.99. The minimum atomic E-state index is -0.536. The van der Waals surface area contributed by atoms with Crippen molar-refractivity contribution >= 4 is 5.91 Å². The average Bonchev–Trinajstić information content (AvgIpc) is 3.15. The summed E-state index contributed by atoms with van der Waals surface area (Å²) in [5, 5.41) is 0. The molecule has 0 unspecified atom stereocenters. The van der Waals surface area contributed by atoms with Crippen LogP contribution in [0.1, 0.15) is 25.3 Å². The third-order valence-corrected chi connectivity index (χ3v) is 6.69. The lowest BCUT2D eigenvalue weighted by Gasteiger charge is -2.36. The number of likely N-dealkylation sites (tertiary alicyclic amines) is 2. The van der Waals surface area contributed by atoms with Crippen molar-refractivity contribution in [2.75, 3.05) is 32.8 Å². The van der Waals surface area contributed by atoms with Crippen LogP contribution in [-0.4, -0.2) is 48.5 Å². The molecule has 0 bridgehead atoms. The van der Waals surface area contributed by atoms with Gasteiger partial charge in [0.15, 0.2) is 0 Å². The largest absolute Gasteiger partial charge is 0.493 e. The van der Waals surface area contributed by atoms with Crippen LogP contribution < -0.4 is 4.74 Å². The van der Waals surface area contributed by atoms with Crippen molar-refractivity contribution in [1.82, 2.24) is 9.80 Å². The van der Waals surface area contributed by atoms with Gasteiger partial charge in [-0.05, 0) is 54.5 Å². The smallest absolute Gasteiger partial charge is 0.219 e. The van der Waals surface area contributed by atoms with Gasteiger partial charge in [0, 0.05) is 51.6 Å². The fourth-order valence-electron chi connectivity index (χ4n) is 5.15. The summed E-state index contributed by atoms with van der Waals surface area (Å²) in [4.78, 5) is 15.9. The van der Waals surface area contributed by atoms with E-state index in [0.29, 0.717) is 36.5 Å². The molecule has 4 nitrogen and oxygen atoms in total. The van der Waals surface area contributed by atoms with E-state index in [4.69, 9.17) is 4.74 Å². The number of halogens is 2. The number of carbonyl (C=O) groups excluding carboxylic acids is 1. The molecule has 0 aliphatic carbocycles. The van der Waals surface area contributed by atoms with E-state index in [0.717, 1.165) is 50.8 Å². The summed E-state index contributed by atoms with van der Waals surface area (Å²) in [6, 6.07) is 13.6. The second kappa shape index (κ2) is 9.77. The lowest BCUT2D eigenvalue weighted by atomic mass is 9.78. The van der Waals surface area contributed by atoms with Crippen molar-refractivity contribution in [3.05, 3.63) is 65.7 Å².